The van der Waals surface area contributed by atoms with Crippen molar-refractivity contribution in [3.63, 3.8) is 0 Å². The first-order valence-electron chi connectivity index (χ1n) is 6.54. The molecule has 1 aromatic rings. The number of carbonyl (C=O) groups excluding carboxylic acids is 1. The molecule has 0 aromatic carbocycles. The number of thiazole rings is 1. The van der Waals surface area contributed by atoms with Crippen molar-refractivity contribution < 1.29 is 4.79 Å². The highest BCUT2D eigenvalue weighted by atomic mass is 32.1. The van der Waals surface area contributed by atoms with Crippen molar-refractivity contribution in [3.8, 4) is 0 Å². The number of nitrogens with one attached hydrogen (secondary N) is 1. The predicted molar refractivity (Wildman–Crippen MR) is 73.3 cm³/mol. The number of nitrogens with two attached hydrogens (primary N) is 1. The quantitative estimate of drug-likeness (QED) is 0.881. The van der Waals surface area contributed by atoms with Crippen LogP contribution in [-0.4, -0.2) is 16.9 Å². The van der Waals surface area contributed by atoms with Gasteiger partial charge in [-0.3, -0.25) is 4.79 Å². The first kappa shape index (κ1) is 13.5. The Hall–Kier alpha value is -0.940. The van der Waals surface area contributed by atoms with E-state index in [4.69, 9.17) is 5.73 Å². The van der Waals surface area contributed by atoms with Crippen LogP contribution in [0.4, 0.5) is 0 Å². The van der Waals surface area contributed by atoms with Gasteiger partial charge in [0.15, 0.2) is 0 Å². The maximum absolute atomic E-state index is 12.1. The standard InChI is InChI=1S/C13H21N3OS/c1-8-7-18-13(15-8)9(2)16-12(17)10-4-3-5-11(14)6-10/h7,9-11H,3-6,14H2,1-2H3,(H,16,17). The molecule has 2 rings (SSSR count). The van der Waals surface area contributed by atoms with E-state index in [-0.39, 0.29) is 23.9 Å². The van der Waals surface area contributed by atoms with Crippen LogP contribution < -0.4 is 11.1 Å². The molecule has 3 unspecified atom stereocenters. The Morgan fingerprint density at radius 3 is 3.00 bits per heavy atom. The zero-order valence-electron chi connectivity index (χ0n) is 11.0. The molecule has 0 saturated heterocycles. The van der Waals surface area contributed by atoms with Crippen LogP contribution in [0.5, 0.6) is 0 Å². The second-order valence-corrected chi connectivity index (χ2v) is 6.07. The molecular weight excluding hydrogens is 246 g/mol. The topological polar surface area (TPSA) is 68.0 Å². The van der Waals surface area contributed by atoms with Gasteiger partial charge in [-0.25, -0.2) is 4.98 Å². The summed E-state index contributed by atoms with van der Waals surface area (Å²) in [5.41, 5.74) is 6.93. The van der Waals surface area contributed by atoms with Gasteiger partial charge in [-0.15, -0.1) is 11.3 Å². The van der Waals surface area contributed by atoms with E-state index in [2.05, 4.69) is 10.3 Å². The van der Waals surface area contributed by atoms with Crippen LogP contribution in [0, 0.1) is 12.8 Å². The number of rotatable bonds is 3. The lowest BCUT2D eigenvalue weighted by atomic mass is 9.85. The second kappa shape index (κ2) is 5.80. The monoisotopic (exact) mass is 267 g/mol. The van der Waals surface area contributed by atoms with Crippen molar-refractivity contribution in [2.24, 2.45) is 11.7 Å². The van der Waals surface area contributed by atoms with Gasteiger partial charge in [0.2, 0.25) is 5.91 Å². The number of nitrogens with zero attached hydrogens (tertiary/aromatic N) is 1. The summed E-state index contributed by atoms with van der Waals surface area (Å²) in [6, 6.07) is 0.182. The zero-order valence-corrected chi connectivity index (χ0v) is 11.8. The van der Waals surface area contributed by atoms with E-state index in [1.165, 1.54) is 0 Å². The Labute approximate surface area is 112 Å². The fourth-order valence-electron chi connectivity index (χ4n) is 2.43. The van der Waals surface area contributed by atoms with Crippen molar-refractivity contribution >= 4 is 17.2 Å². The Bertz CT molecular complexity index is 418. The largest absolute Gasteiger partial charge is 0.347 e. The van der Waals surface area contributed by atoms with Crippen molar-refractivity contribution in [1.82, 2.24) is 10.3 Å². The molecule has 1 aliphatic carbocycles. The summed E-state index contributed by atoms with van der Waals surface area (Å²) in [5, 5.41) is 6.03. The van der Waals surface area contributed by atoms with E-state index in [9.17, 15) is 4.79 Å². The minimum atomic E-state index is -0.00523. The van der Waals surface area contributed by atoms with Crippen LogP contribution in [0.1, 0.15) is 49.4 Å². The minimum absolute atomic E-state index is 0.00523. The molecule has 3 N–H and O–H groups in total. The molecule has 1 aromatic heterocycles. The maximum atomic E-state index is 12.1. The molecule has 0 radical (unpaired) electrons. The first-order valence-corrected chi connectivity index (χ1v) is 7.42. The SMILES string of the molecule is Cc1csc(C(C)NC(=O)C2CCCC(N)C2)n1. The van der Waals surface area contributed by atoms with Gasteiger partial charge in [-0.2, -0.15) is 0 Å². The summed E-state index contributed by atoms with van der Waals surface area (Å²) in [6.45, 7) is 3.95. The van der Waals surface area contributed by atoms with Crippen molar-refractivity contribution in [1.29, 1.82) is 0 Å². The Balaban J connectivity index is 1.90. The first-order chi connectivity index (χ1) is 8.56. The molecule has 1 heterocycles. The molecule has 4 nitrogen and oxygen atoms in total. The summed E-state index contributed by atoms with van der Waals surface area (Å²) in [5.74, 6) is 0.211. The smallest absolute Gasteiger partial charge is 0.223 e. The lowest BCUT2D eigenvalue weighted by Crippen LogP contribution is -2.38. The molecule has 3 atom stereocenters. The molecule has 18 heavy (non-hydrogen) atoms. The van der Waals surface area contributed by atoms with E-state index in [1.807, 2.05) is 19.2 Å². The highest BCUT2D eigenvalue weighted by Gasteiger charge is 2.26. The molecular formula is C13H21N3OS. The number of aryl methyl sites for hydroxylation is 1. The van der Waals surface area contributed by atoms with Gasteiger partial charge in [0.25, 0.3) is 0 Å². The average molecular weight is 267 g/mol. The van der Waals surface area contributed by atoms with Gasteiger partial charge in [0.1, 0.15) is 5.01 Å². The van der Waals surface area contributed by atoms with E-state index >= 15 is 0 Å². The third-order valence-electron chi connectivity index (χ3n) is 3.45. The zero-order chi connectivity index (χ0) is 13.1. The Morgan fingerprint density at radius 2 is 2.39 bits per heavy atom. The molecule has 0 spiro atoms. The lowest BCUT2D eigenvalue weighted by Gasteiger charge is -2.26. The minimum Gasteiger partial charge on any atom is -0.347 e. The van der Waals surface area contributed by atoms with Crippen LogP contribution in [0.2, 0.25) is 0 Å². The fraction of sp³-hybridized carbons (Fsp3) is 0.692. The van der Waals surface area contributed by atoms with Crippen LogP contribution in [0.25, 0.3) is 0 Å². The van der Waals surface area contributed by atoms with E-state index in [0.717, 1.165) is 36.4 Å². The second-order valence-electron chi connectivity index (χ2n) is 5.18. The predicted octanol–water partition coefficient (Wildman–Crippen LogP) is 2.15. The van der Waals surface area contributed by atoms with E-state index < -0.39 is 0 Å². The molecule has 1 saturated carbocycles. The van der Waals surface area contributed by atoms with Crippen LogP contribution in [0.15, 0.2) is 5.38 Å². The van der Waals surface area contributed by atoms with Gasteiger partial charge in [0, 0.05) is 23.0 Å². The van der Waals surface area contributed by atoms with Crippen molar-refractivity contribution in [3.05, 3.63) is 16.1 Å². The number of amides is 1. The van der Waals surface area contributed by atoms with Gasteiger partial charge in [-0.05, 0) is 33.1 Å². The summed E-state index contributed by atoms with van der Waals surface area (Å²) in [7, 11) is 0. The highest BCUT2D eigenvalue weighted by molar-refractivity contribution is 7.09. The summed E-state index contributed by atoms with van der Waals surface area (Å²) in [6.07, 6.45) is 3.88. The number of aromatic nitrogens is 1. The maximum Gasteiger partial charge on any atom is 0.223 e. The normalized spacial score (nSPS) is 25.7. The van der Waals surface area contributed by atoms with Gasteiger partial charge < -0.3 is 11.1 Å². The van der Waals surface area contributed by atoms with Crippen LogP contribution in [-0.2, 0) is 4.79 Å². The van der Waals surface area contributed by atoms with Crippen molar-refractivity contribution in [2.75, 3.05) is 0 Å². The van der Waals surface area contributed by atoms with Gasteiger partial charge >= 0.3 is 0 Å². The number of hydrogen-bond donors (Lipinski definition) is 2. The number of carbonyl (C=O) groups is 1. The summed E-state index contributed by atoms with van der Waals surface area (Å²) in [4.78, 5) is 16.5. The molecule has 0 aliphatic heterocycles. The molecule has 0 bridgehead atoms. The lowest BCUT2D eigenvalue weighted by molar-refractivity contribution is -0.126. The summed E-state index contributed by atoms with van der Waals surface area (Å²) >= 11 is 1.60. The third kappa shape index (κ3) is 3.29. The van der Waals surface area contributed by atoms with Gasteiger partial charge in [0.05, 0.1) is 6.04 Å². The van der Waals surface area contributed by atoms with E-state index in [1.54, 1.807) is 11.3 Å². The molecule has 5 heteroatoms. The van der Waals surface area contributed by atoms with Crippen molar-refractivity contribution in [2.45, 2.75) is 51.6 Å². The fourth-order valence-corrected chi connectivity index (χ4v) is 3.23. The van der Waals surface area contributed by atoms with Crippen LogP contribution >= 0.6 is 11.3 Å². The molecule has 100 valence electrons. The Kier molecular flexibility index (Phi) is 4.35. The third-order valence-corrected chi connectivity index (χ3v) is 4.60. The summed E-state index contributed by atoms with van der Waals surface area (Å²) < 4.78 is 0. The molecule has 1 fully saturated rings. The molecule has 1 aliphatic rings. The average Bonchev–Trinajstić information content (AvgIpc) is 2.76. The van der Waals surface area contributed by atoms with Gasteiger partial charge in [-0.1, -0.05) is 6.42 Å². The highest BCUT2D eigenvalue weighted by Crippen LogP contribution is 2.25. The van der Waals surface area contributed by atoms with E-state index in [0.29, 0.717) is 0 Å². The number of hydrogen-bond acceptors (Lipinski definition) is 4. The Morgan fingerprint density at radius 1 is 1.61 bits per heavy atom. The van der Waals surface area contributed by atoms with Crippen LogP contribution in [0.3, 0.4) is 0 Å². The molecule has 1 amide bonds.